The van der Waals surface area contributed by atoms with Gasteiger partial charge in [-0.25, -0.2) is 17.6 Å². The van der Waals surface area contributed by atoms with Crippen LogP contribution in [-0.2, 0) is 15.6 Å². The van der Waals surface area contributed by atoms with Crippen molar-refractivity contribution < 1.29 is 45.3 Å². The number of hydrogen-bond acceptors (Lipinski definition) is 4. The number of benzene rings is 2. The van der Waals surface area contributed by atoms with E-state index in [0.717, 1.165) is 37.1 Å². The highest BCUT2D eigenvalue weighted by atomic mass is 19.3. The number of allylic oxidation sites excluding steroid dienone is 1. The van der Waals surface area contributed by atoms with E-state index in [1.807, 2.05) is 6.92 Å². The Hall–Kier alpha value is -2.72. The van der Waals surface area contributed by atoms with Gasteiger partial charge in [0.1, 0.15) is 11.6 Å². The van der Waals surface area contributed by atoms with Gasteiger partial charge in [-0.15, -0.1) is 0 Å². The van der Waals surface area contributed by atoms with E-state index in [-0.39, 0.29) is 11.5 Å². The van der Waals surface area contributed by atoms with Crippen molar-refractivity contribution in [2.75, 3.05) is 13.2 Å². The SMILES string of the molecule is CCCC1COC(c2ccc(C(F)(F)Oc3ccc(OC=CC(F)F)c(F)c3)c(F)c2)OC1. The fraction of sp³-hybridized carbons (Fsp3) is 0.391. The Morgan fingerprint density at radius 3 is 2.39 bits per heavy atom. The minimum absolute atomic E-state index is 0.227. The molecule has 0 aromatic heterocycles. The fourth-order valence-corrected chi connectivity index (χ4v) is 3.24. The van der Waals surface area contributed by atoms with Gasteiger partial charge in [-0.3, -0.25) is 0 Å². The van der Waals surface area contributed by atoms with Gasteiger partial charge in [0.05, 0.1) is 25.0 Å². The maximum atomic E-state index is 14.6. The van der Waals surface area contributed by atoms with Crippen molar-refractivity contribution in [1.82, 2.24) is 0 Å². The average molecular weight is 476 g/mol. The molecule has 1 aliphatic rings. The molecule has 0 saturated carbocycles. The number of halogens is 6. The summed E-state index contributed by atoms with van der Waals surface area (Å²) in [5.74, 6) is -3.26. The molecule has 1 heterocycles. The second-order valence-electron chi connectivity index (χ2n) is 7.38. The minimum Gasteiger partial charge on any atom is -0.462 e. The van der Waals surface area contributed by atoms with Crippen LogP contribution in [0.2, 0.25) is 0 Å². The van der Waals surface area contributed by atoms with E-state index in [0.29, 0.717) is 31.6 Å². The molecule has 1 fully saturated rings. The van der Waals surface area contributed by atoms with Crippen LogP contribution in [0.5, 0.6) is 11.5 Å². The Morgan fingerprint density at radius 2 is 1.79 bits per heavy atom. The molecule has 33 heavy (non-hydrogen) atoms. The molecule has 0 atom stereocenters. The molecule has 10 heteroatoms. The second kappa shape index (κ2) is 10.9. The summed E-state index contributed by atoms with van der Waals surface area (Å²) < 4.78 is 102. The van der Waals surface area contributed by atoms with Gasteiger partial charge in [-0.1, -0.05) is 19.4 Å². The molecular weight excluding hydrogens is 454 g/mol. The summed E-state index contributed by atoms with van der Waals surface area (Å²) in [6.45, 7) is 2.88. The van der Waals surface area contributed by atoms with E-state index in [1.54, 1.807) is 0 Å². The molecule has 0 spiro atoms. The Bertz CT molecular complexity index is 958. The van der Waals surface area contributed by atoms with Crippen LogP contribution in [0.3, 0.4) is 0 Å². The molecule has 0 aliphatic carbocycles. The first-order chi connectivity index (χ1) is 15.7. The van der Waals surface area contributed by atoms with Crippen LogP contribution in [0.1, 0.15) is 37.2 Å². The Labute approximate surface area is 186 Å². The monoisotopic (exact) mass is 476 g/mol. The molecule has 1 aliphatic heterocycles. The quantitative estimate of drug-likeness (QED) is 0.298. The molecule has 0 radical (unpaired) electrons. The smallest absolute Gasteiger partial charge is 0.429 e. The first-order valence-corrected chi connectivity index (χ1v) is 10.2. The highest BCUT2D eigenvalue weighted by Crippen LogP contribution is 2.36. The molecule has 1 saturated heterocycles. The van der Waals surface area contributed by atoms with E-state index >= 15 is 0 Å². The fourth-order valence-electron chi connectivity index (χ4n) is 3.24. The standard InChI is InChI=1S/C23H22F6O4/c1-2-3-14-12-31-22(32-13-14)15-4-6-17(18(24)10-15)23(28,29)33-16-5-7-20(19(25)11-16)30-9-8-21(26)27/h4-11,14,21-22H,2-3,12-13H2,1H3. The molecular formula is C23H22F6O4. The topological polar surface area (TPSA) is 36.9 Å². The molecule has 2 aromatic rings. The van der Waals surface area contributed by atoms with Gasteiger partial charge in [-0.05, 0) is 30.7 Å². The molecule has 180 valence electrons. The molecule has 0 amide bonds. The van der Waals surface area contributed by atoms with Gasteiger partial charge in [-0.2, -0.15) is 8.78 Å². The Morgan fingerprint density at radius 1 is 1.06 bits per heavy atom. The van der Waals surface area contributed by atoms with Gasteiger partial charge in [0.25, 0.3) is 6.43 Å². The third kappa shape index (κ3) is 6.64. The minimum atomic E-state index is -4.13. The highest BCUT2D eigenvalue weighted by Gasteiger charge is 2.38. The van der Waals surface area contributed by atoms with Crippen LogP contribution in [0.25, 0.3) is 0 Å². The second-order valence-corrected chi connectivity index (χ2v) is 7.38. The van der Waals surface area contributed by atoms with E-state index in [1.165, 1.54) is 6.07 Å². The van der Waals surface area contributed by atoms with Crippen LogP contribution in [0.4, 0.5) is 26.3 Å². The van der Waals surface area contributed by atoms with Gasteiger partial charge >= 0.3 is 6.11 Å². The lowest BCUT2D eigenvalue weighted by molar-refractivity contribution is -0.206. The van der Waals surface area contributed by atoms with E-state index in [9.17, 15) is 26.3 Å². The zero-order valence-corrected chi connectivity index (χ0v) is 17.6. The van der Waals surface area contributed by atoms with Crippen molar-refractivity contribution >= 4 is 0 Å². The lowest BCUT2D eigenvalue weighted by Crippen LogP contribution is -2.27. The first kappa shape index (κ1) is 24.9. The maximum Gasteiger partial charge on any atom is 0.429 e. The van der Waals surface area contributed by atoms with Crippen LogP contribution in [0, 0.1) is 17.6 Å². The zero-order chi connectivity index (χ0) is 24.0. The van der Waals surface area contributed by atoms with Gasteiger partial charge in [0.15, 0.2) is 17.9 Å². The first-order valence-electron chi connectivity index (χ1n) is 10.2. The summed E-state index contributed by atoms with van der Waals surface area (Å²) in [6.07, 6.45) is -4.97. The average Bonchev–Trinajstić information content (AvgIpc) is 2.75. The van der Waals surface area contributed by atoms with E-state index in [2.05, 4.69) is 9.47 Å². The number of ether oxygens (including phenoxy) is 4. The van der Waals surface area contributed by atoms with Crippen molar-refractivity contribution in [3.05, 3.63) is 71.5 Å². The third-order valence-corrected chi connectivity index (χ3v) is 4.81. The number of rotatable bonds is 9. The normalized spacial score (nSPS) is 19.3. The predicted octanol–water partition coefficient (Wildman–Crippen LogP) is 6.71. The van der Waals surface area contributed by atoms with Gasteiger partial charge in [0.2, 0.25) is 0 Å². The van der Waals surface area contributed by atoms with E-state index < -0.39 is 47.5 Å². The van der Waals surface area contributed by atoms with Crippen LogP contribution < -0.4 is 9.47 Å². The predicted molar refractivity (Wildman–Crippen MR) is 106 cm³/mol. The largest absolute Gasteiger partial charge is 0.462 e. The van der Waals surface area contributed by atoms with Crippen LogP contribution in [0.15, 0.2) is 48.7 Å². The third-order valence-electron chi connectivity index (χ3n) is 4.81. The van der Waals surface area contributed by atoms with Crippen LogP contribution in [-0.4, -0.2) is 19.6 Å². The Balaban J connectivity index is 1.68. The Kier molecular flexibility index (Phi) is 8.25. The number of alkyl halides is 4. The summed E-state index contributed by atoms with van der Waals surface area (Å²) in [7, 11) is 0. The summed E-state index contributed by atoms with van der Waals surface area (Å²) in [4.78, 5) is 0. The summed E-state index contributed by atoms with van der Waals surface area (Å²) >= 11 is 0. The van der Waals surface area contributed by atoms with Gasteiger partial charge in [0, 0.05) is 23.6 Å². The van der Waals surface area contributed by atoms with Crippen molar-refractivity contribution in [3.63, 3.8) is 0 Å². The molecule has 2 aromatic carbocycles. The maximum absolute atomic E-state index is 14.6. The highest BCUT2D eigenvalue weighted by molar-refractivity contribution is 5.35. The number of hydrogen-bond donors (Lipinski definition) is 0. The zero-order valence-electron chi connectivity index (χ0n) is 17.6. The molecule has 0 N–H and O–H groups in total. The molecule has 3 rings (SSSR count). The summed E-state index contributed by atoms with van der Waals surface area (Å²) in [5, 5.41) is 0. The molecule has 4 nitrogen and oxygen atoms in total. The molecule has 0 unspecified atom stereocenters. The summed E-state index contributed by atoms with van der Waals surface area (Å²) in [5.41, 5.74) is -0.821. The van der Waals surface area contributed by atoms with Crippen LogP contribution >= 0.6 is 0 Å². The van der Waals surface area contributed by atoms with Crippen molar-refractivity contribution in [2.24, 2.45) is 5.92 Å². The molecule has 0 bridgehead atoms. The van der Waals surface area contributed by atoms with Gasteiger partial charge < -0.3 is 18.9 Å². The van der Waals surface area contributed by atoms with Crippen molar-refractivity contribution in [1.29, 1.82) is 0 Å². The van der Waals surface area contributed by atoms with Crippen molar-refractivity contribution in [3.8, 4) is 11.5 Å². The lowest BCUT2D eigenvalue weighted by atomic mass is 10.0. The lowest BCUT2D eigenvalue weighted by Gasteiger charge is -2.29. The van der Waals surface area contributed by atoms with Crippen molar-refractivity contribution in [2.45, 2.75) is 38.6 Å². The van der Waals surface area contributed by atoms with E-state index in [4.69, 9.17) is 9.47 Å². The summed E-state index contributed by atoms with van der Waals surface area (Å²) in [6, 6.07) is 5.39.